The average Bonchev–Trinajstić information content (AvgIpc) is 2.64. The molecule has 3 aromatic rings. The van der Waals surface area contributed by atoms with E-state index in [1.807, 2.05) is 25.1 Å². The fourth-order valence-corrected chi connectivity index (χ4v) is 3.09. The van der Waals surface area contributed by atoms with E-state index in [1.165, 1.54) is 13.2 Å². The van der Waals surface area contributed by atoms with Crippen molar-refractivity contribution in [1.29, 1.82) is 0 Å². The quantitative estimate of drug-likeness (QED) is 0.525. The first-order valence-electron chi connectivity index (χ1n) is 8.26. The Hall–Kier alpha value is -2.73. The standard InChI is InChI=1S/C21H19F3O3/c1-13-9-15-11-17(26-3)7-8-18(15)20(27-12-25-2)19(13)14-5-4-6-16(10-14)21(22,23)24/h4-11H,12H2,1-3H3. The number of methoxy groups -OCH3 is 2. The summed E-state index contributed by atoms with van der Waals surface area (Å²) >= 11 is 0. The first-order valence-corrected chi connectivity index (χ1v) is 8.26. The lowest BCUT2D eigenvalue weighted by molar-refractivity contribution is -0.137. The molecule has 3 aromatic carbocycles. The zero-order chi connectivity index (χ0) is 19.6. The molecule has 0 aromatic heterocycles. The van der Waals surface area contributed by atoms with Gasteiger partial charge in [0.25, 0.3) is 0 Å². The maximum Gasteiger partial charge on any atom is 0.416 e. The Morgan fingerprint density at radius 3 is 2.41 bits per heavy atom. The molecule has 27 heavy (non-hydrogen) atoms. The van der Waals surface area contributed by atoms with Crippen molar-refractivity contribution in [3.05, 3.63) is 59.7 Å². The van der Waals surface area contributed by atoms with E-state index in [0.29, 0.717) is 22.6 Å². The fourth-order valence-electron chi connectivity index (χ4n) is 3.09. The molecule has 0 N–H and O–H groups in total. The number of aryl methyl sites for hydroxylation is 1. The second kappa shape index (κ2) is 7.48. The summed E-state index contributed by atoms with van der Waals surface area (Å²) in [4.78, 5) is 0. The summed E-state index contributed by atoms with van der Waals surface area (Å²) in [5.41, 5.74) is 1.13. The van der Waals surface area contributed by atoms with E-state index in [2.05, 4.69) is 0 Å². The van der Waals surface area contributed by atoms with Crippen LogP contribution in [-0.2, 0) is 10.9 Å². The van der Waals surface area contributed by atoms with Crippen molar-refractivity contribution in [3.63, 3.8) is 0 Å². The summed E-state index contributed by atoms with van der Waals surface area (Å²) in [6, 6.07) is 12.6. The highest BCUT2D eigenvalue weighted by Crippen LogP contribution is 2.42. The van der Waals surface area contributed by atoms with Gasteiger partial charge in [-0.25, -0.2) is 0 Å². The number of ether oxygens (including phenoxy) is 3. The van der Waals surface area contributed by atoms with E-state index in [4.69, 9.17) is 14.2 Å². The van der Waals surface area contributed by atoms with Gasteiger partial charge in [0.05, 0.1) is 12.7 Å². The minimum atomic E-state index is -4.42. The number of hydrogen-bond donors (Lipinski definition) is 0. The van der Waals surface area contributed by atoms with Crippen molar-refractivity contribution in [2.75, 3.05) is 21.0 Å². The third-order valence-corrected chi connectivity index (χ3v) is 4.30. The van der Waals surface area contributed by atoms with Crippen LogP contribution in [0, 0.1) is 6.92 Å². The lowest BCUT2D eigenvalue weighted by Gasteiger charge is -2.18. The van der Waals surface area contributed by atoms with Gasteiger partial charge in [-0.05, 0) is 53.8 Å². The molecule has 0 aliphatic carbocycles. The minimum Gasteiger partial charge on any atom is -0.497 e. The molecule has 0 saturated carbocycles. The van der Waals surface area contributed by atoms with Crippen molar-refractivity contribution >= 4 is 10.8 Å². The predicted molar refractivity (Wildman–Crippen MR) is 98.2 cm³/mol. The number of rotatable bonds is 5. The molecule has 0 fully saturated rings. The van der Waals surface area contributed by atoms with Gasteiger partial charge < -0.3 is 14.2 Å². The third-order valence-electron chi connectivity index (χ3n) is 4.30. The molecule has 0 radical (unpaired) electrons. The molecule has 0 unspecified atom stereocenters. The van der Waals surface area contributed by atoms with Gasteiger partial charge in [0.2, 0.25) is 0 Å². The van der Waals surface area contributed by atoms with Crippen molar-refractivity contribution in [1.82, 2.24) is 0 Å². The molecular formula is C21H19F3O3. The minimum absolute atomic E-state index is 0.0173. The number of alkyl halides is 3. The summed E-state index contributed by atoms with van der Waals surface area (Å²) in [6.07, 6.45) is -4.42. The van der Waals surface area contributed by atoms with Crippen molar-refractivity contribution in [2.45, 2.75) is 13.1 Å². The van der Waals surface area contributed by atoms with Crippen LogP contribution in [0.2, 0.25) is 0 Å². The maximum atomic E-state index is 13.2. The maximum absolute atomic E-state index is 13.2. The fraction of sp³-hybridized carbons (Fsp3) is 0.238. The Balaban J connectivity index is 2.27. The number of hydrogen-bond acceptors (Lipinski definition) is 3. The molecule has 0 aliphatic rings. The predicted octanol–water partition coefficient (Wildman–Crippen LogP) is 5.83. The number of halogens is 3. The molecule has 0 saturated heterocycles. The Morgan fingerprint density at radius 1 is 0.963 bits per heavy atom. The molecule has 0 aliphatic heterocycles. The Labute approximate surface area is 155 Å². The summed E-state index contributed by atoms with van der Waals surface area (Å²) in [5.74, 6) is 1.17. The Kier molecular flexibility index (Phi) is 5.28. The summed E-state index contributed by atoms with van der Waals surface area (Å²) in [7, 11) is 3.07. The van der Waals surface area contributed by atoms with Gasteiger partial charge in [0, 0.05) is 18.1 Å². The summed E-state index contributed by atoms with van der Waals surface area (Å²) in [6.45, 7) is 1.82. The van der Waals surface area contributed by atoms with Crippen LogP contribution in [-0.4, -0.2) is 21.0 Å². The topological polar surface area (TPSA) is 27.7 Å². The monoisotopic (exact) mass is 376 g/mol. The van der Waals surface area contributed by atoms with Gasteiger partial charge in [-0.1, -0.05) is 18.2 Å². The molecule has 142 valence electrons. The van der Waals surface area contributed by atoms with Crippen LogP contribution in [0.3, 0.4) is 0 Å². The van der Waals surface area contributed by atoms with E-state index in [9.17, 15) is 13.2 Å². The van der Waals surface area contributed by atoms with Crippen molar-refractivity contribution in [3.8, 4) is 22.6 Å². The van der Waals surface area contributed by atoms with E-state index < -0.39 is 11.7 Å². The molecule has 0 amide bonds. The molecule has 0 heterocycles. The lowest BCUT2D eigenvalue weighted by atomic mass is 9.93. The molecular weight excluding hydrogens is 357 g/mol. The van der Waals surface area contributed by atoms with Crippen LogP contribution >= 0.6 is 0 Å². The molecule has 0 bridgehead atoms. The van der Waals surface area contributed by atoms with Crippen LogP contribution in [0.25, 0.3) is 21.9 Å². The SMILES string of the molecule is COCOc1c(-c2cccc(C(F)(F)F)c2)c(C)cc2cc(OC)ccc12. The van der Waals surface area contributed by atoms with Crippen molar-refractivity contribution < 1.29 is 27.4 Å². The molecule has 6 heteroatoms. The van der Waals surface area contributed by atoms with Crippen LogP contribution in [0.15, 0.2) is 48.5 Å². The second-order valence-corrected chi connectivity index (χ2v) is 6.11. The van der Waals surface area contributed by atoms with E-state index in [0.717, 1.165) is 28.5 Å². The van der Waals surface area contributed by atoms with Gasteiger partial charge >= 0.3 is 6.18 Å². The first-order chi connectivity index (χ1) is 12.8. The molecule has 0 spiro atoms. The van der Waals surface area contributed by atoms with E-state index >= 15 is 0 Å². The summed E-state index contributed by atoms with van der Waals surface area (Å²) in [5, 5.41) is 1.64. The third kappa shape index (κ3) is 3.85. The highest BCUT2D eigenvalue weighted by atomic mass is 19.4. The Bertz CT molecular complexity index is 965. The second-order valence-electron chi connectivity index (χ2n) is 6.11. The Morgan fingerprint density at radius 2 is 1.74 bits per heavy atom. The molecule has 0 atom stereocenters. The normalized spacial score (nSPS) is 11.6. The van der Waals surface area contributed by atoms with Gasteiger partial charge in [-0.15, -0.1) is 0 Å². The van der Waals surface area contributed by atoms with Crippen LogP contribution in [0.5, 0.6) is 11.5 Å². The molecule has 3 rings (SSSR count). The van der Waals surface area contributed by atoms with Crippen LogP contribution < -0.4 is 9.47 Å². The van der Waals surface area contributed by atoms with Gasteiger partial charge in [-0.3, -0.25) is 0 Å². The number of benzene rings is 3. The zero-order valence-corrected chi connectivity index (χ0v) is 15.2. The lowest BCUT2D eigenvalue weighted by Crippen LogP contribution is -2.05. The van der Waals surface area contributed by atoms with Gasteiger partial charge in [0.1, 0.15) is 11.5 Å². The van der Waals surface area contributed by atoms with Crippen LogP contribution in [0.1, 0.15) is 11.1 Å². The summed E-state index contributed by atoms with van der Waals surface area (Å²) < 4.78 is 55.5. The number of fused-ring (bicyclic) bond motifs is 1. The smallest absolute Gasteiger partial charge is 0.416 e. The zero-order valence-electron chi connectivity index (χ0n) is 15.2. The first kappa shape index (κ1) is 19.0. The van der Waals surface area contributed by atoms with Crippen molar-refractivity contribution in [2.24, 2.45) is 0 Å². The van der Waals surface area contributed by atoms with E-state index in [-0.39, 0.29) is 6.79 Å². The van der Waals surface area contributed by atoms with Gasteiger partial charge in [-0.2, -0.15) is 13.2 Å². The van der Waals surface area contributed by atoms with Gasteiger partial charge in [0.15, 0.2) is 6.79 Å². The van der Waals surface area contributed by atoms with E-state index in [1.54, 1.807) is 19.2 Å². The highest BCUT2D eigenvalue weighted by molar-refractivity contribution is 5.97. The van der Waals surface area contributed by atoms with Crippen LogP contribution in [0.4, 0.5) is 13.2 Å². The largest absolute Gasteiger partial charge is 0.497 e. The molecule has 3 nitrogen and oxygen atoms in total. The average molecular weight is 376 g/mol. The highest BCUT2D eigenvalue weighted by Gasteiger charge is 2.31.